The Morgan fingerprint density at radius 3 is 2.81 bits per heavy atom. The third-order valence-corrected chi connectivity index (χ3v) is 6.48. The van der Waals surface area contributed by atoms with Crippen LogP contribution in [0.2, 0.25) is 0 Å². The first-order valence-electron chi connectivity index (χ1n) is 10.4. The molecule has 7 nitrogen and oxygen atoms in total. The first-order valence-corrected chi connectivity index (χ1v) is 11.3. The van der Waals surface area contributed by atoms with Crippen LogP contribution in [0.15, 0.2) is 52.2 Å². The highest BCUT2D eigenvalue weighted by molar-refractivity contribution is 8.00. The summed E-state index contributed by atoms with van der Waals surface area (Å²) in [4.78, 5) is 14.9. The van der Waals surface area contributed by atoms with Crippen molar-refractivity contribution in [3.63, 3.8) is 0 Å². The molecule has 3 heterocycles. The van der Waals surface area contributed by atoms with Crippen molar-refractivity contribution in [1.82, 2.24) is 14.8 Å². The largest absolute Gasteiger partial charge is 0.467 e. The molecular weight excluding hydrogens is 417 g/mol. The SMILES string of the molecule is CC1CCN(c2nnc(SC(C)C(=O)Nc3cccc(F)c3)n2Cc2ccco2)CC1. The molecule has 1 unspecified atom stereocenters. The number of carbonyl (C=O) groups excluding carboxylic acids is 1. The maximum absolute atomic E-state index is 13.4. The number of carbonyl (C=O) groups is 1. The lowest BCUT2D eigenvalue weighted by atomic mass is 10.00. The van der Waals surface area contributed by atoms with E-state index in [0.717, 1.165) is 37.6 Å². The van der Waals surface area contributed by atoms with Crippen molar-refractivity contribution < 1.29 is 13.6 Å². The highest BCUT2D eigenvalue weighted by Crippen LogP contribution is 2.29. The maximum Gasteiger partial charge on any atom is 0.237 e. The Morgan fingerprint density at radius 2 is 2.10 bits per heavy atom. The Hall–Kier alpha value is -2.81. The number of rotatable bonds is 7. The fraction of sp³-hybridized carbons (Fsp3) is 0.409. The molecule has 0 radical (unpaired) electrons. The molecule has 0 saturated carbocycles. The summed E-state index contributed by atoms with van der Waals surface area (Å²) in [5.74, 6) is 1.68. The zero-order chi connectivity index (χ0) is 21.8. The van der Waals surface area contributed by atoms with E-state index >= 15 is 0 Å². The summed E-state index contributed by atoms with van der Waals surface area (Å²) in [6, 6.07) is 9.63. The van der Waals surface area contributed by atoms with Gasteiger partial charge in [0.05, 0.1) is 18.1 Å². The summed E-state index contributed by atoms with van der Waals surface area (Å²) < 4.78 is 21.0. The number of amides is 1. The van der Waals surface area contributed by atoms with Crippen LogP contribution in [0.25, 0.3) is 0 Å². The number of furan rings is 1. The zero-order valence-corrected chi connectivity index (χ0v) is 18.4. The lowest BCUT2D eigenvalue weighted by Crippen LogP contribution is -2.35. The van der Waals surface area contributed by atoms with Gasteiger partial charge in [-0.2, -0.15) is 0 Å². The summed E-state index contributed by atoms with van der Waals surface area (Å²) in [7, 11) is 0. The lowest BCUT2D eigenvalue weighted by molar-refractivity contribution is -0.115. The summed E-state index contributed by atoms with van der Waals surface area (Å²) in [5.41, 5.74) is 0.428. The number of piperidine rings is 1. The minimum Gasteiger partial charge on any atom is -0.467 e. The predicted molar refractivity (Wildman–Crippen MR) is 119 cm³/mol. The van der Waals surface area contributed by atoms with Gasteiger partial charge in [0.1, 0.15) is 11.6 Å². The van der Waals surface area contributed by atoms with Crippen molar-refractivity contribution in [1.29, 1.82) is 0 Å². The normalized spacial score (nSPS) is 15.8. The molecule has 4 rings (SSSR count). The Balaban J connectivity index is 1.51. The first-order chi connectivity index (χ1) is 15.0. The van der Waals surface area contributed by atoms with E-state index < -0.39 is 11.1 Å². The van der Waals surface area contributed by atoms with E-state index in [-0.39, 0.29) is 5.91 Å². The van der Waals surface area contributed by atoms with Crippen LogP contribution in [0.1, 0.15) is 32.4 Å². The molecule has 2 aromatic heterocycles. The molecule has 0 spiro atoms. The average Bonchev–Trinajstić information content (AvgIpc) is 3.40. The number of halogens is 1. The van der Waals surface area contributed by atoms with Gasteiger partial charge in [-0.25, -0.2) is 4.39 Å². The number of benzene rings is 1. The van der Waals surface area contributed by atoms with Crippen LogP contribution in [0.3, 0.4) is 0 Å². The molecule has 1 amide bonds. The van der Waals surface area contributed by atoms with E-state index in [1.54, 1.807) is 25.3 Å². The molecule has 0 aliphatic carbocycles. The van der Waals surface area contributed by atoms with Gasteiger partial charge in [0.15, 0.2) is 5.16 Å². The number of hydrogen-bond donors (Lipinski definition) is 1. The number of hydrogen-bond acceptors (Lipinski definition) is 6. The van der Waals surface area contributed by atoms with Gasteiger partial charge in [0.2, 0.25) is 11.9 Å². The van der Waals surface area contributed by atoms with Gasteiger partial charge < -0.3 is 14.6 Å². The summed E-state index contributed by atoms with van der Waals surface area (Å²) in [6.45, 7) is 6.41. The molecule has 0 bridgehead atoms. The van der Waals surface area contributed by atoms with Crippen LogP contribution in [-0.4, -0.2) is 39.0 Å². The summed E-state index contributed by atoms with van der Waals surface area (Å²) in [6.07, 6.45) is 3.87. The molecule has 1 atom stereocenters. The second-order valence-corrected chi connectivity index (χ2v) is 9.19. The van der Waals surface area contributed by atoms with Gasteiger partial charge in [-0.3, -0.25) is 9.36 Å². The minimum absolute atomic E-state index is 0.225. The second-order valence-electron chi connectivity index (χ2n) is 7.88. The van der Waals surface area contributed by atoms with Crippen molar-refractivity contribution in [2.45, 2.75) is 43.6 Å². The molecule has 1 aromatic carbocycles. The number of nitrogens with zero attached hydrogens (tertiary/aromatic N) is 4. The Morgan fingerprint density at radius 1 is 1.29 bits per heavy atom. The van der Waals surface area contributed by atoms with E-state index in [9.17, 15) is 9.18 Å². The quantitative estimate of drug-likeness (QED) is 0.545. The fourth-order valence-corrected chi connectivity index (χ4v) is 4.37. The lowest BCUT2D eigenvalue weighted by Gasteiger charge is -2.31. The van der Waals surface area contributed by atoms with E-state index in [0.29, 0.717) is 23.3 Å². The van der Waals surface area contributed by atoms with E-state index in [2.05, 4.69) is 27.3 Å². The van der Waals surface area contributed by atoms with Gasteiger partial charge >= 0.3 is 0 Å². The van der Waals surface area contributed by atoms with Crippen LogP contribution in [0.5, 0.6) is 0 Å². The van der Waals surface area contributed by atoms with Gasteiger partial charge in [0, 0.05) is 18.8 Å². The van der Waals surface area contributed by atoms with Crippen LogP contribution >= 0.6 is 11.8 Å². The number of anilines is 2. The molecule has 164 valence electrons. The number of thioether (sulfide) groups is 1. The average molecular weight is 444 g/mol. The van der Waals surface area contributed by atoms with Crippen molar-refractivity contribution >= 4 is 29.3 Å². The first kappa shape index (κ1) is 21.4. The summed E-state index contributed by atoms with van der Waals surface area (Å²) >= 11 is 1.32. The van der Waals surface area contributed by atoms with Gasteiger partial charge in [0.25, 0.3) is 0 Å². The minimum atomic E-state index is -0.447. The van der Waals surface area contributed by atoms with Crippen LogP contribution in [-0.2, 0) is 11.3 Å². The number of aromatic nitrogens is 3. The van der Waals surface area contributed by atoms with E-state index in [1.807, 2.05) is 16.7 Å². The Kier molecular flexibility index (Phi) is 6.60. The third kappa shape index (κ3) is 5.28. The maximum atomic E-state index is 13.4. The van der Waals surface area contributed by atoms with Crippen LogP contribution in [0.4, 0.5) is 16.0 Å². The van der Waals surface area contributed by atoms with Crippen LogP contribution < -0.4 is 10.2 Å². The Labute approximate surface area is 185 Å². The molecule has 1 N–H and O–H groups in total. The molecule has 31 heavy (non-hydrogen) atoms. The second kappa shape index (κ2) is 9.55. The molecular formula is C22H26FN5O2S. The molecule has 3 aromatic rings. The monoisotopic (exact) mass is 443 g/mol. The van der Waals surface area contributed by atoms with Crippen LogP contribution in [0, 0.1) is 11.7 Å². The highest BCUT2D eigenvalue weighted by Gasteiger charge is 2.25. The standard InChI is InChI=1S/C22H26FN5O2S/c1-15-8-10-27(11-9-15)21-25-26-22(28(21)14-19-7-4-12-30-19)31-16(2)20(29)24-18-6-3-5-17(23)13-18/h3-7,12-13,15-16H,8-11,14H2,1-2H3,(H,24,29). The van der Waals surface area contributed by atoms with Crippen molar-refractivity contribution in [2.24, 2.45) is 5.92 Å². The van der Waals surface area contributed by atoms with E-state index in [1.165, 1.54) is 23.9 Å². The van der Waals surface area contributed by atoms with Gasteiger partial charge in [-0.1, -0.05) is 24.8 Å². The molecule has 1 aliphatic rings. The summed E-state index contributed by atoms with van der Waals surface area (Å²) in [5, 5.41) is 11.8. The smallest absolute Gasteiger partial charge is 0.237 e. The van der Waals surface area contributed by atoms with E-state index in [4.69, 9.17) is 4.42 Å². The van der Waals surface area contributed by atoms with Gasteiger partial charge in [-0.05, 0) is 56.0 Å². The van der Waals surface area contributed by atoms with Crippen molar-refractivity contribution in [3.8, 4) is 0 Å². The molecule has 1 aliphatic heterocycles. The zero-order valence-electron chi connectivity index (χ0n) is 17.6. The van der Waals surface area contributed by atoms with Crippen molar-refractivity contribution in [3.05, 3.63) is 54.2 Å². The molecule has 1 fully saturated rings. The predicted octanol–water partition coefficient (Wildman–Crippen LogP) is 4.41. The van der Waals surface area contributed by atoms with Gasteiger partial charge in [-0.15, -0.1) is 10.2 Å². The topological polar surface area (TPSA) is 76.2 Å². The Bertz CT molecular complexity index is 1010. The highest BCUT2D eigenvalue weighted by atomic mass is 32.2. The molecule has 9 heteroatoms. The fourth-order valence-electron chi connectivity index (χ4n) is 3.53. The third-order valence-electron chi connectivity index (χ3n) is 5.40. The molecule has 1 saturated heterocycles. The number of nitrogens with one attached hydrogen (secondary N) is 1. The van der Waals surface area contributed by atoms with Crippen molar-refractivity contribution in [2.75, 3.05) is 23.3 Å².